The molecule has 0 aliphatic heterocycles. The molecule has 3 atom stereocenters. The molecule has 37 heavy (non-hydrogen) atoms. The van der Waals surface area contributed by atoms with Gasteiger partial charge in [0.15, 0.2) is 9.84 Å². The molecule has 0 spiro atoms. The van der Waals surface area contributed by atoms with Crippen LogP contribution in [0.4, 0.5) is 0 Å². The van der Waals surface area contributed by atoms with Gasteiger partial charge in [0.1, 0.15) is 11.4 Å². The Kier molecular flexibility index (Phi) is 10.5. The molecular formula is C28H38N2O6S. The Hall–Kier alpha value is -3.17. The number of amides is 1. The van der Waals surface area contributed by atoms with Gasteiger partial charge in [-0.1, -0.05) is 56.3 Å². The molecule has 0 saturated heterocycles. The van der Waals surface area contributed by atoms with Crippen LogP contribution in [-0.2, 0) is 24.2 Å². The van der Waals surface area contributed by atoms with Crippen LogP contribution in [-0.4, -0.2) is 38.3 Å². The van der Waals surface area contributed by atoms with Crippen molar-refractivity contribution in [3.63, 3.8) is 0 Å². The summed E-state index contributed by atoms with van der Waals surface area (Å²) in [7, 11) is -2.70. The average molecular weight is 531 g/mol. The molecular weight excluding hydrogens is 492 g/mol. The molecule has 0 heterocycles. The van der Waals surface area contributed by atoms with Crippen LogP contribution < -0.4 is 16.0 Å². The predicted molar refractivity (Wildman–Crippen MR) is 144 cm³/mol. The van der Waals surface area contributed by atoms with Gasteiger partial charge in [-0.25, -0.2) is 14.3 Å². The van der Waals surface area contributed by atoms with E-state index in [0.29, 0.717) is 5.75 Å². The average Bonchev–Trinajstić information content (AvgIpc) is 2.84. The van der Waals surface area contributed by atoms with E-state index in [1.165, 1.54) is 37.5 Å². The maximum atomic E-state index is 14.1. The summed E-state index contributed by atoms with van der Waals surface area (Å²) in [6.45, 7) is 8.84. The van der Waals surface area contributed by atoms with Crippen molar-refractivity contribution in [3.8, 4) is 5.75 Å². The highest BCUT2D eigenvalue weighted by Gasteiger charge is 2.46. The van der Waals surface area contributed by atoms with Crippen LogP contribution in [0.15, 0.2) is 65.6 Å². The van der Waals surface area contributed by atoms with Crippen LogP contribution in [0.3, 0.4) is 0 Å². The molecule has 1 amide bonds. The summed E-state index contributed by atoms with van der Waals surface area (Å²) in [6.07, 6.45) is 3.32. The first kappa shape index (κ1) is 30.1. The molecule has 3 N–H and O–H groups in total. The molecule has 0 bridgehead atoms. The molecule has 1 unspecified atom stereocenters. The van der Waals surface area contributed by atoms with Crippen LogP contribution in [0.25, 0.3) is 6.08 Å². The molecule has 0 aromatic heterocycles. The summed E-state index contributed by atoms with van der Waals surface area (Å²) in [5.74, 6) is 2.11. The maximum Gasteiger partial charge on any atom is 0.311 e. The van der Waals surface area contributed by atoms with Crippen molar-refractivity contribution in [1.29, 1.82) is 0 Å². The van der Waals surface area contributed by atoms with E-state index in [1.807, 2.05) is 44.2 Å². The summed E-state index contributed by atoms with van der Waals surface area (Å²) in [5, 5.41) is -1.42. The smallest absolute Gasteiger partial charge is 0.311 e. The lowest BCUT2D eigenvalue weighted by molar-refractivity contribution is -0.163. The van der Waals surface area contributed by atoms with E-state index < -0.39 is 44.4 Å². The number of methoxy groups -OCH3 is 1. The maximum absolute atomic E-state index is 14.1. The van der Waals surface area contributed by atoms with Crippen molar-refractivity contribution in [2.24, 2.45) is 23.6 Å². The number of nitrogens with one attached hydrogen (secondary N) is 1. The van der Waals surface area contributed by atoms with Gasteiger partial charge in [-0.2, -0.15) is 0 Å². The fourth-order valence-corrected chi connectivity index (χ4v) is 5.84. The number of nitrogens with two attached hydrogens (primary N) is 1. The second kappa shape index (κ2) is 12.9. The molecule has 0 aliphatic rings. The molecule has 2 aromatic carbocycles. The van der Waals surface area contributed by atoms with Crippen molar-refractivity contribution < 1.29 is 27.5 Å². The Morgan fingerprint density at radius 1 is 1.03 bits per heavy atom. The van der Waals surface area contributed by atoms with E-state index in [9.17, 15) is 18.0 Å². The Labute approximate surface area is 220 Å². The summed E-state index contributed by atoms with van der Waals surface area (Å²) >= 11 is 0. The third-order valence-corrected chi connectivity index (χ3v) is 7.79. The number of benzene rings is 2. The van der Waals surface area contributed by atoms with Crippen LogP contribution in [0, 0.1) is 17.8 Å². The molecule has 8 nitrogen and oxygen atoms in total. The number of carbonyl (C=O) groups is 2. The van der Waals surface area contributed by atoms with E-state index >= 15 is 0 Å². The topological polar surface area (TPSA) is 125 Å². The number of rotatable bonds is 11. The van der Waals surface area contributed by atoms with Crippen molar-refractivity contribution >= 4 is 27.8 Å². The fourth-order valence-electron chi connectivity index (χ4n) is 4.04. The second-order valence-corrected chi connectivity index (χ2v) is 12.4. The van der Waals surface area contributed by atoms with Crippen LogP contribution >= 0.6 is 0 Å². The second-order valence-electron chi connectivity index (χ2n) is 10.3. The van der Waals surface area contributed by atoms with Crippen LogP contribution in [0.1, 0.15) is 46.6 Å². The summed E-state index contributed by atoms with van der Waals surface area (Å²) in [5.41, 5.74) is 1.95. The van der Waals surface area contributed by atoms with E-state index in [1.54, 1.807) is 26.8 Å². The summed E-state index contributed by atoms with van der Waals surface area (Å²) in [4.78, 5) is 26.7. The largest absolute Gasteiger partial charge is 0.497 e. The number of sulfone groups is 1. The first-order valence-corrected chi connectivity index (χ1v) is 13.7. The predicted octanol–water partition coefficient (Wildman–Crippen LogP) is 4.16. The lowest BCUT2D eigenvalue weighted by atomic mass is 9.82. The lowest BCUT2D eigenvalue weighted by Gasteiger charge is -2.33. The fraction of sp³-hybridized carbons (Fsp3) is 0.429. The minimum Gasteiger partial charge on any atom is -0.497 e. The lowest BCUT2D eigenvalue weighted by Crippen LogP contribution is -2.49. The van der Waals surface area contributed by atoms with Crippen molar-refractivity contribution in [1.82, 2.24) is 5.43 Å². The van der Waals surface area contributed by atoms with E-state index in [0.717, 1.165) is 5.56 Å². The number of hydrogen-bond acceptors (Lipinski definition) is 7. The quantitative estimate of drug-likeness (QED) is 0.193. The first-order chi connectivity index (χ1) is 17.3. The molecule has 202 valence electrons. The van der Waals surface area contributed by atoms with Gasteiger partial charge < -0.3 is 9.47 Å². The Morgan fingerprint density at radius 3 is 2.11 bits per heavy atom. The molecule has 0 saturated carbocycles. The minimum atomic E-state index is -4.18. The van der Waals surface area contributed by atoms with Gasteiger partial charge >= 0.3 is 5.97 Å². The van der Waals surface area contributed by atoms with E-state index in [4.69, 9.17) is 15.3 Å². The number of carbonyl (C=O) groups excluding carboxylic acids is 2. The SMILES string of the molecule is COc1ccc(S(=O)(=O)C(/C=C/c2ccccc2)[C@H](C(=O)OC(C)(C)C)[C@@H](CC(C)C)C(=O)NN)cc1. The Morgan fingerprint density at radius 2 is 1.62 bits per heavy atom. The summed E-state index contributed by atoms with van der Waals surface area (Å²) in [6, 6.07) is 15.0. The monoisotopic (exact) mass is 530 g/mol. The number of ether oxygens (including phenoxy) is 2. The van der Waals surface area contributed by atoms with Gasteiger partial charge in [0.05, 0.1) is 29.1 Å². The first-order valence-electron chi connectivity index (χ1n) is 12.1. The van der Waals surface area contributed by atoms with Crippen LogP contribution in [0.2, 0.25) is 0 Å². The van der Waals surface area contributed by atoms with Crippen LogP contribution in [0.5, 0.6) is 5.75 Å². The number of esters is 1. The molecule has 2 rings (SSSR count). The third-order valence-electron chi connectivity index (χ3n) is 5.69. The highest BCUT2D eigenvalue weighted by molar-refractivity contribution is 7.92. The van der Waals surface area contributed by atoms with Gasteiger partial charge in [-0.05, 0) is 62.9 Å². The molecule has 0 radical (unpaired) electrons. The van der Waals surface area contributed by atoms with Gasteiger partial charge in [-0.3, -0.25) is 15.0 Å². The van der Waals surface area contributed by atoms with Crippen molar-refractivity contribution in [2.45, 2.75) is 56.8 Å². The molecule has 9 heteroatoms. The van der Waals surface area contributed by atoms with E-state index in [2.05, 4.69) is 5.43 Å². The van der Waals surface area contributed by atoms with Gasteiger partial charge in [-0.15, -0.1) is 0 Å². The van der Waals surface area contributed by atoms with Crippen molar-refractivity contribution in [3.05, 3.63) is 66.2 Å². The Balaban J connectivity index is 2.78. The number of hydrazine groups is 1. The van der Waals surface area contributed by atoms with Crippen molar-refractivity contribution in [2.75, 3.05) is 7.11 Å². The highest BCUT2D eigenvalue weighted by atomic mass is 32.2. The standard InChI is InChI=1S/C28H38N2O6S/c1-19(2)18-23(26(31)30-29)25(27(32)36-28(3,4)5)24(17-12-20-10-8-7-9-11-20)37(33,34)22-15-13-21(35-6)14-16-22/h7-17,19,23-25H,18,29H2,1-6H3,(H,30,31)/b17-12+/t23-,24?,25-/m1/s1. The zero-order valence-electron chi connectivity index (χ0n) is 22.3. The zero-order chi connectivity index (χ0) is 27.8. The molecule has 2 aromatic rings. The number of hydrogen-bond donors (Lipinski definition) is 2. The van der Waals surface area contributed by atoms with E-state index in [-0.39, 0.29) is 17.2 Å². The minimum absolute atomic E-state index is 0.0129. The van der Waals surface area contributed by atoms with Gasteiger partial charge in [0, 0.05) is 0 Å². The normalized spacial score (nSPS) is 14.7. The molecule has 0 aliphatic carbocycles. The summed E-state index contributed by atoms with van der Waals surface area (Å²) < 4.78 is 39.1. The highest BCUT2D eigenvalue weighted by Crippen LogP contribution is 2.34. The molecule has 0 fully saturated rings. The zero-order valence-corrected chi connectivity index (χ0v) is 23.1. The Bertz CT molecular complexity index is 1170. The van der Waals surface area contributed by atoms with Gasteiger partial charge in [0.25, 0.3) is 0 Å². The van der Waals surface area contributed by atoms with Gasteiger partial charge in [0.2, 0.25) is 5.91 Å². The third kappa shape index (κ3) is 8.43.